The average molecular weight is 346 g/mol. The predicted molar refractivity (Wildman–Crippen MR) is 107 cm³/mol. The van der Waals surface area contributed by atoms with Gasteiger partial charge in [0.15, 0.2) is 0 Å². The molecule has 0 spiro atoms. The molecule has 0 fully saturated rings. The maximum Gasteiger partial charge on any atom is 0.150 e. The van der Waals surface area contributed by atoms with Crippen LogP contribution in [-0.2, 0) is 6.42 Å². The van der Waals surface area contributed by atoms with Gasteiger partial charge >= 0.3 is 0 Å². The molecule has 0 amide bonds. The topological polar surface area (TPSA) is 42.9 Å². The first-order valence-electron chi connectivity index (χ1n) is 9.61. The van der Waals surface area contributed by atoms with Crippen LogP contribution in [0.25, 0.3) is 22.3 Å². The highest BCUT2D eigenvalue weighted by atomic mass is 16.1. The molecule has 0 saturated heterocycles. The lowest BCUT2D eigenvalue weighted by atomic mass is 10.0. The summed E-state index contributed by atoms with van der Waals surface area (Å²) in [5.74, 6) is 0. The minimum Gasteiger partial charge on any atom is -0.298 e. The van der Waals surface area contributed by atoms with Gasteiger partial charge in [-0.25, -0.2) is 4.98 Å². The smallest absolute Gasteiger partial charge is 0.150 e. The molecule has 0 aliphatic carbocycles. The number of carbonyl (C=O) groups is 1. The van der Waals surface area contributed by atoms with E-state index in [1.807, 2.05) is 6.07 Å². The lowest BCUT2D eigenvalue weighted by Gasteiger charge is -2.06. The Bertz CT molecular complexity index is 856. The number of carbonyl (C=O) groups excluding carboxylic acids is 1. The molecule has 0 N–H and O–H groups in total. The Labute approximate surface area is 155 Å². The van der Waals surface area contributed by atoms with Crippen molar-refractivity contribution in [3.63, 3.8) is 0 Å². The van der Waals surface area contributed by atoms with E-state index in [9.17, 15) is 4.79 Å². The molecule has 0 saturated carbocycles. The van der Waals surface area contributed by atoms with Crippen LogP contribution < -0.4 is 0 Å². The van der Waals surface area contributed by atoms with Crippen LogP contribution in [0.1, 0.15) is 61.4 Å². The summed E-state index contributed by atoms with van der Waals surface area (Å²) in [6, 6.07) is 14.0. The predicted octanol–water partition coefficient (Wildman–Crippen LogP) is 6.01. The molecule has 3 aromatic rings. The minimum absolute atomic E-state index is 0.624. The maximum absolute atomic E-state index is 10.9. The third-order valence-electron chi connectivity index (χ3n) is 4.77. The van der Waals surface area contributed by atoms with Crippen molar-refractivity contribution in [1.82, 2.24) is 9.97 Å². The molecular formula is C23H26N2O. The van der Waals surface area contributed by atoms with Crippen molar-refractivity contribution >= 4 is 17.3 Å². The summed E-state index contributed by atoms with van der Waals surface area (Å²) in [5, 5.41) is 0. The number of hydrogen-bond acceptors (Lipinski definition) is 3. The number of unbranched alkanes of at least 4 members (excludes halogenated alkanes) is 5. The van der Waals surface area contributed by atoms with Gasteiger partial charge in [0, 0.05) is 11.1 Å². The van der Waals surface area contributed by atoms with Gasteiger partial charge in [0.1, 0.15) is 6.29 Å². The summed E-state index contributed by atoms with van der Waals surface area (Å²) in [4.78, 5) is 20.0. The molecule has 1 heterocycles. The van der Waals surface area contributed by atoms with Crippen molar-refractivity contribution in [3.8, 4) is 11.3 Å². The summed E-state index contributed by atoms with van der Waals surface area (Å²) in [6.45, 7) is 2.25. The second kappa shape index (κ2) is 9.23. The van der Waals surface area contributed by atoms with Gasteiger partial charge in [0.25, 0.3) is 0 Å². The normalized spacial score (nSPS) is 11.0. The number of aryl methyl sites for hydroxylation is 1. The van der Waals surface area contributed by atoms with Crippen molar-refractivity contribution in [2.75, 3.05) is 0 Å². The molecule has 3 heteroatoms. The van der Waals surface area contributed by atoms with Crippen molar-refractivity contribution in [2.24, 2.45) is 0 Å². The number of aromatic nitrogens is 2. The van der Waals surface area contributed by atoms with Crippen LogP contribution in [0.4, 0.5) is 0 Å². The van der Waals surface area contributed by atoms with Crippen LogP contribution in [0.3, 0.4) is 0 Å². The Kier molecular flexibility index (Phi) is 6.48. The third kappa shape index (κ3) is 4.75. The summed E-state index contributed by atoms with van der Waals surface area (Å²) < 4.78 is 0. The van der Waals surface area contributed by atoms with Crippen LogP contribution in [-0.4, -0.2) is 16.3 Å². The number of rotatable bonds is 9. The van der Waals surface area contributed by atoms with E-state index in [2.05, 4.69) is 41.2 Å². The number of hydrogen-bond donors (Lipinski definition) is 0. The maximum atomic E-state index is 10.9. The number of nitrogens with zero attached hydrogens (tertiary/aromatic N) is 2. The first-order chi connectivity index (χ1) is 12.8. The number of fused-ring (bicyclic) bond motifs is 1. The van der Waals surface area contributed by atoms with E-state index in [-0.39, 0.29) is 0 Å². The van der Waals surface area contributed by atoms with Crippen LogP contribution in [0.5, 0.6) is 0 Å². The second-order valence-electron chi connectivity index (χ2n) is 6.84. The van der Waals surface area contributed by atoms with Gasteiger partial charge < -0.3 is 0 Å². The zero-order valence-electron chi connectivity index (χ0n) is 15.4. The van der Waals surface area contributed by atoms with Gasteiger partial charge in [0.2, 0.25) is 0 Å². The van der Waals surface area contributed by atoms with Crippen LogP contribution in [0.2, 0.25) is 0 Å². The molecule has 0 aliphatic rings. The second-order valence-corrected chi connectivity index (χ2v) is 6.84. The summed E-state index contributed by atoms with van der Waals surface area (Å²) in [7, 11) is 0. The highest BCUT2D eigenvalue weighted by Gasteiger charge is 2.04. The largest absolute Gasteiger partial charge is 0.298 e. The monoisotopic (exact) mass is 346 g/mol. The van der Waals surface area contributed by atoms with E-state index in [4.69, 9.17) is 0 Å². The van der Waals surface area contributed by atoms with E-state index >= 15 is 0 Å². The van der Waals surface area contributed by atoms with E-state index in [0.29, 0.717) is 5.56 Å². The van der Waals surface area contributed by atoms with Gasteiger partial charge in [-0.15, -0.1) is 0 Å². The van der Waals surface area contributed by atoms with Crippen molar-refractivity contribution in [3.05, 3.63) is 59.8 Å². The average Bonchev–Trinajstić information content (AvgIpc) is 2.70. The molecule has 0 bridgehead atoms. The highest BCUT2D eigenvalue weighted by molar-refractivity contribution is 5.85. The van der Waals surface area contributed by atoms with Gasteiger partial charge in [-0.05, 0) is 36.6 Å². The van der Waals surface area contributed by atoms with Crippen LogP contribution in [0, 0.1) is 0 Å². The molecule has 1 aromatic heterocycles. The zero-order chi connectivity index (χ0) is 18.2. The fourth-order valence-electron chi connectivity index (χ4n) is 3.19. The number of benzene rings is 2. The molecule has 2 aromatic carbocycles. The fourth-order valence-corrected chi connectivity index (χ4v) is 3.19. The summed E-state index contributed by atoms with van der Waals surface area (Å²) in [6.07, 6.45) is 11.7. The lowest BCUT2D eigenvalue weighted by Crippen LogP contribution is -1.91. The first-order valence-corrected chi connectivity index (χ1v) is 9.61. The Hall–Kier alpha value is -2.55. The summed E-state index contributed by atoms with van der Waals surface area (Å²) >= 11 is 0. The molecule has 3 nitrogen and oxygen atoms in total. The third-order valence-corrected chi connectivity index (χ3v) is 4.77. The first kappa shape index (κ1) is 18.2. The molecule has 0 atom stereocenters. The molecule has 26 heavy (non-hydrogen) atoms. The SMILES string of the molecule is CCCCCCCCc1ccc(-c2cnc3cc(C=O)ccc3n2)cc1. The molecular weight excluding hydrogens is 320 g/mol. The van der Waals surface area contributed by atoms with Gasteiger partial charge in [-0.2, -0.15) is 0 Å². The van der Waals surface area contributed by atoms with E-state index < -0.39 is 0 Å². The van der Waals surface area contributed by atoms with Crippen LogP contribution >= 0.6 is 0 Å². The van der Waals surface area contributed by atoms with Crippen molar-refractivity contribution < 1.29 is 4.79 Å². The zero-order valence-corrected chi connectivity index (χ0v) is 15.4. The highest BCUT2D eigenvalue weighted by Crippen LogP contribution is 2.21. The van der Waals surface area contributed by atoms with E-state index in [1.165, 1.54) is 44.1 Å². The minimum atomic E-state index is 0.624. The lowest BCUT2D eigenvalue weighted by molar-refractivity contribution is 0.112. The molecule has 0 unspecified atom stereocenters. The Morgan fingerprint density at radius 1 is 0.885 bits per heavy atom. The summed E-state index contributed by atoms with van der Waals surface area (Å²) in [5.41, 5.74) is 5.50. The fraction of sp³-hybridized carbons (Fsp3) is 0.348. The standard InChI is InChI=1S/C23H26N2O/c1-2-3-4-5-6-7-8-18-9-12-20(13-10-18)23-16-24-22-15-19(17-26)11-14-21(22)25-23/h9-17H,2-8H2,1H3. The van der Waals surface area contributed by atoms with Crippen molar-refractivity contribution in [2.45, 2.75) is 51.9 Å². The molecule has 134 valence electrons. The van der Waals surface area contributed by atoms with Crippen molar-refractivity contribution in [1.29, 1.82) is 0 Å². The quantitative estimate of drug-likeness (QED) is 0.352. The number of aldehydes is 1. The van der Waals surface area contributed by atoms with E-state index in [1.54, 1.807) is 18.3 Å². The molecule has 3 rings (SSSR count). The van der Waals surface area contributed by atoms with Crippen LogP contribution in [0.15, 0.2) is 48.7 Å². The van der Waals surface area contributed by atoms with E-state index in [0.717, 1.165) is 35.0 Å². The molecule has 0 radical (unpaired) electrons. The molecule has 0 aliphatic heterocycles. The van der Waals surface area contributed by atoms with Gasteiger partial charge in [0.05, 0.1) is 22.9 Å². The Morgan fingerprint density at radius 2 is 1.65 bits per heavy atom. The van der Waals surface area contributed by atoms with Gasteiger partial charge in [-0.3, -0.25) is 9.78 Å². The Morgan fingerprint density at radius 3 is 2.42 bits per heavy atom. The van der Waals surface area contributed by atoms with Gasteiger partial charge in [-0.1, -0.05) is 63.3 Å². The Balaban J connectivity index is 1.62.